The fourth-order valence-electron chi connectivity index (χ4n) is 3.52. The first-order chi connectivity index (χ1) is 12.5. The van der Waals surface area contributed by atoms with Crippen molar-refractivity contribution in [3.63, 3.8) is 0 Å². The van der Waals surface area contributed by atoms with Crippen molar-refractivity contribution in [3.05, 3.63) is 52.6 Å². The lowest BCUT2D eigenvalue weighted by Gasteiger charge is -2.17. The number of aryl methyl sites for hydroxylation is 3. The Labute approximate surface area is 151 Å². The molecule has 136 valence electrons. The maximum Gasteiger partial charge on any atom is 0.287 e. The molecule has 0 spiro atoms. The van der Waals surface area contributed by atoms with E-state index in [1.165, 1.54) is 0 Å². The number of carbonyl (C=O) groups is 1. The minimum Gasteiger partial charge on any atom is -0.451 e. The highest BCUT2D eigenvalue weighted by Crippen LogP contribution is 2.27. The summed E-state index contributed by atoms with van der Waals surface area (Å²) in [7, 11) is 0. The minimum absolute atomic E-state index is 0.0812. The number of ether oxygens (including phenoxy) is 1. The molecule has 1 amide bonds. The highest BCUT2D eigenvalue weighted by atomic mass is 16.5. The van der Waals surface area contributed by atoms with Gasteiger partial charge in [-0.25, -0.2) is 0 Å². The summed E-state index contributed by atoms with van der Waals surface area (Å²) in [6, 6.07) is 7.76. The lowest BCUT2D eigenvalue weighted by atomic mass is 9.98. The average molecular weight is 354 g/mol. The van der Waals surface area contributed by atoms with E-state index < -0.39 is 0 Å². The second kappa shape index (κ2) is 6.61. The Balaban J connectivity index is 1.51. The lowest BCUT2D eigenvalue weighted by molar-refractivity contribution is 0.0897. The summed E-state index contributed by atoms with van der Waals surface area (Å²) in [5.74, 6) is 1.13. The third-order valence-electron chi connectivity index (χ3n) is 4.95. The van der Waals surface area contributed by atoms with E-state index in [0.29, 0.717) is 25.4 Å². The standard InChI is InChI=1S/C20H22N2O4/c1-11-4-5-18-16(6-11)13(3)19(25-18)20(23)21-17-10-24-9-14(17)8-15-7-12(2)22-26-15/h4-7,14,17H,8-10H2,1-3H3,(H,21,23)/t14-,17+/m0/s1. The fraction of sp³-hybridized carbons (Fsp3) is 0.400. The number of hydrogen-bond donors (Lipinski definition) is 1. The highest BCUT2D eigenvalue weighted by Gasteiger charge is 2.32. The molecule has 6 nitrogen and oxygen atoms in total. The molecule has 3 heterocycles. The van der Waals surface area contributed by atoms with Crippen molar-refractivity contribution in [2.75, 3.05) is 13.2 Å². The van der Waals surface area contributed by atoms with Gasteiger partial charge in [0.2, 0.25) is 0 Å². The average Bonchev–Trinajstić information content (AvgIpc) is 3.29. The van der Waals surface area contributed by atoms with Gasteiger partial charge in [0.1, 0.15) is 11.3 Å². The van der Waals surface area contributed by atoms with E-state index in [0.717, 1.165) is 33.6 Å². The summed E-state index contributed by atoms with van der Waals surface area (Å²) in [4.78, 5) is 12.8. The van der Waals surface area contributed by atoms with Crippen LogP contribution in [0.15, 0.2) is 33.2 Å². The zero-order valence-electron chi connectivity index (χ0n) is 15.2. The number of amides is 1. The number of rotatable bonds is 4. The van der Waals surface area contributed by atoms with Crippen molar-refractivity contribution in [3.8, 4) is 0 Å². The van der Waals surface area contributed by atoms with Gasteiger partial charge in [-0.1, -0.05) is 16.8 Å². The number of fused-ring (bicyclic) bond motifs is 1. The lowest BCUT2D eigenvalue weighted by Crippen LogP contribution is -2.40. The summed E-state index contributed by atoms with van der Waals surface area (Å²) < 4.78 is 16.7. The molecule has 0 saturated carbocycles. The van der Waals surface area contributed by atoms with E-state index in [9.17, 15) is 4.79 Å². The van der Waals surface area contributed by atoms with E-state index in [1.807, 2.05) is 45.0 Å². The van der Waals surface area contributed by atoms with E-state index in [4.69, 9.17) is 13.7 Å². The zero-order valence-corrected chi connectivity index (χ0v) is 15.2. The van der Waals surface area contributed by atoms with Gasteiger partial charge in [0.15, 0.2) is 5.76 Å². The van der Waals surface area contributed by atoms with Crippen LogP contribution in [0.4, 0.5) is 0 Å². The van der Waals surface area contributed by atoms with Crippen molar-refractivity contribution in [2.24, 2.45) is 5.92 Å². The molecule has 1 saturated heterocycles. The van der Waals surface area contributed by atoms with Gasteiger partial charge in [0.05, 0.1) is 24.9 Å². The molecule has 1 N–H and O–H groups in total. The van der Waals surface area contributed by atoms with Gasteiger partial charge < -0.3 is 19.0 Å². The third kappa shape index (κ3) is 3.12. The van der Waals surface area contributed by atoms with E-state index in [-0.39, 0.29) is 17.9 Å². The molecule has 1 aliphatic heterocycles. The van der Waals surface area contributed by atoms with Crippen LogP contribution in [0.25, 0.3) is 11.0 Å². The molecule has 1 aromatic carbocycles. The largest absolute Gasteiger partial charge is 0.451 e. The molecule has 0 radical (unpaired) electrons. The number of aromatic nitrogens is 1. The Morgan fingerprint density at radius 3 is 2.85 bits per heavy atom. The van der Waals surface area contributed by atoms with Crippen molar-refractivity contribution in [2.45, 2.75) is 33.2 Å². The second-order valence-electron chi connectivity index (χ2n) is 7.07. The molecule has 0 aliphatic carbocycles. The van der Waals surface area contributed by atoms with Gasteiger partial charge in [-0.2, -0.15) is 0 Å². The predicted molar refractivity (Wildman–Crippen MR) is 96.2 cm³/mol. The SMILES string of the molecule is Cc1ccc2oc(C(=O)N[C@@H]3COC[C@@H]3Cc3cc(C)no3)c(C)c2c1. The van der Waals surface area contributed by atoms with Gasteiger partial charge >= 0.3 is 0 Å². The molecule has 26 heavy (non-hydrogen) atoms. The Bertz CT molecular complexity index is 956. The van der Waals surface area contributed by atoms with Gasteiger partial charge in [0.25, 0.3) is 5.91 Å². The van der Waals surface area contributed by atoms with Crippen molar-refractivity contribution in [1.82, 2.24) is 10.5 Å². The monoisotopic (exact) mass is 354 g/mol. The van der Waals surface area contributed by atoms with Crippen LogP contribution in [0.2, 0.25) is 0 Å². The number of nitrogens with one attached hydrogen (secondary N) is 1. The summed E-state index contributed by atoms with van der Waals surface area (Å²) in [6.07, 6.45) is 0.685. The molecule has 0 bridgehead atoms. The van der Waals surface area contributed by atoms with Crippen LogP contribution < -0.4 is 5.32 Å². The maximum absolute atomic E-state index is 12.8. The summed E-state index contributed by atoms with van der Waals surface area (Å²) in [6.45, 7) is 6.91. The van der Waals surface area contributed by atoms with Crippen molar-refractivity contribution in [1.29, 1.82) is 0 Å². The number of carbonyl (C=O) groups excluding carboxylic acids is 1. The van der Waals surface area contributed by atoms with Crippen LogP contribution in [0.5, 0.6) is 0 Å². The zero-order chi connectivity index (χ0) is 18.3. The first-order valence-corrected chi connectivity index (χ1v) is 8.82. The third-order valence-corrected chi connectivity index (χ3v) is 4.95. The molecule has 4 rings (SSSR count). The number of nitrogens with zero attached hydrogens (tertiary/aromatic N) is 1. The molecule has 1 fully saturated rings. The minimum atomic E-state index is -0.203. The van der Waals surface area contributed by atoms with Gasteiger partial charge in [-0.05, 0) is 32.9 Å². The maximum atomic E-state index is 12.8. The summed E-state index contributed by atoms with van der Waals surface area (Å²) >= 11 is 0. The van der Waals surface area contributed by atoms with Crippen LogP contribution in [0, 0.1) is 26.7 Å². The normalized spacial score (nSPS) is 20.0. The van der Waals surface area contributed by atoms with Crippen molar-refractivity contribution < 1.29 is 18.5 Å². The second-order valence-corrected chi connectivity index (χ2v) is 7.07. The molecular formula is C20H22N2O4. The van der Waals surface area contributed by atoms with Crippen LogP contribution in [0.1, 0.15) is 33.1 Å². The predicted octanol–water partition coefficient (Wildman–Crippen LogP) is 3.33. The smallest absolute Gasteiger partial charge is 0.287 e. The first kappa shape index (κ1) is 16.8. The van der Waals surface area contributed by atoms with Gasteiger partial charge in [0, 0.05) is 29.4 Å². The number of hydrogen-bond acceptors (Lipinski definition) is 5. The molecule has 6 heteroatoms. The molecule has 2 atom stereocenters. The van der Waals surface area contributed by atoms with Crippen LogP contribution in [0.3, 0.4) is 0 Å². The fourth-order valence-corrected chi connectivity index (χ4v) is 3.52. The van der Waals surface area contributed by atoms with E-state index in [2.05, 4.69) is 10.5 Å². The quantitative estimate of drug-likeness (QED) is 0.777. The Hall–Kier alpha value is -2.60. The van der Waals surface area contributed by atoms with Gasteiger partial charge in [-0.15, -0.1) is 0 Å². The summed E-state index contributed by atoms with van der Waals surface area (Å²) in [5.41, 5.74) is 3.59. The first-order valence-electron chi connectivity index (χ1n) is 8.82. The molecule has 3 aromatic rings. The highest BCUT2D eigenvalue weighted by molar-refractivity contribution is 5.99. The van der Waals surface area contributed by atoms with Crippen LogP contribution in [-0.2, 0) is 11.2 Å². The molecule has 0 unspecified atom stereocenters. The molecule has 2 aromatic heterocycles. The number of benzene rings is 1. The number of furan rings is 1. The van der Waals surface area contributed by atoms with Crippen molar-refractivity contribution >= 4 is 16.9 Å². The Kier molecular flexibility index (Phi) is 4.28. The van der Waals surface area contributed by atoms with Crippen LogP contribution in [-0.4, -0.2) is 30.3 Å². The molecular weight excluding hydrogens is 332 g/mol. The van der Waals surface area contributed by atoms with E-state index >= 15 is 0 Å². The Morgan fingerprint density at radius 1 is 1.23 bits per heavy atom. The summed E-state index contributed by atoms with van der Waals surface area (Å²) in [5, 5.41) is 7.96. The topological polar surface area (TPSA) is 77.5 Å². The van der Waals surface area contributed by atoms with Crippen LogP contribution >= 0.6 is 0 Å². The Morgan fingerprint density at radius 2 is 2.08 bits per heavy atom. The van der Waals surface area contributed by atoms with E-state index in [1.54, 1.807) is 0 Å². The molecule has 1 aliphatic rings. The van der Waals surface area contributed by atoms with Gasteiger partial charge in [-0.3, -0.25) is 4.79 Å².